The van der Waals surface area contributed by atoms with Gasteiger partial charge in [-0.05, 0) is 30.4 Å². The average molecular weight is 286 g/mol. The minimum atomic E-state index is -0.278. The molecule has 0 fully saturated rings. The maximum atomic E-state index is 12.4. The molecular formula is C16H22N4O. The summed E-state index contributed by atoms with van der Waals surface area (Å²) >= 11 is 0. The van der Waals surface area contributed by atoms with Gasteiger partial charge in [-0.1, -0.05) is 39.0 Å². The zero-order chi connectivity index (χ0) is 15.6. The molecule has 5 heteroatoms. The molecule has 1 heterocycles. The molecule has 0 aliphatic rings. The van der Waals surface area contributed by atoms with Crippen LogP contribution in [0.1, 0.15) is 54.0 Å². The fourth-order valence-electron chi connectivity index (χ4n) is 2.35. The summed E-state index contributed by atoms with van der Waals surface area (Å²) in [5, 5.41) is 9.84. The van der Waals surface area contributed by atoms with E-state index in [0.717, 1.165) is 28.9 Å². The number of anilines is 2. The average Bonchev–Trinajstić information content (AvgIpc) is 2.83. The summed E-state index contributed by atoms with van der Waals surface area (Å²) in [6.07, 6.45) is 0.852. The van der Waals surface area contributed by atoms with Gasteiger partial charge in [-0.25, -0.2) is 0 Å². The predicted octanol–water partition coefficient (Wildman–Crippen LogP) is 3.24. The Kier molecular flexibility index (Phi) is 4.31. The van der Waals surface area contributed by atoms with E-state index in [2.05, 4.69) is 22.4 Å². The Morgan fingerprint density at radius 2 is 2.14 bits per heavy atom. The number of H-pyrrole nitrogens is 1. The number of aromatic nitrogens is 2. The quantitative estimate of drug-likeness (QED) is 0.806. The van der Waals surface area contributed by atoms with Crippen molar-refractivity contribution in [3.8, 4) is 0 Å². The molecule has 1 aromatic carbocycles. The maximum Gasteiger partial charge on any atom is 0.278 e. The third kappa shape index (κ3) is 2.91. The highest BCUT2D eigenvalue weighted by Crippen LogP contribution is 2.25. The van der Waals surface area contributed by atoms with Crippen LogP contribution in [0.25, 0.3) is 0 Å². The standard InChI is InChI=1S/C16H22N4O/c1-5-11-8-6-7-10(4)14(11)18-16(21)15-12(17)13(9(2)3)19-20-15/h6-9H,5,17H2,1-4H3,(H,18,21)(H,19,20). The molecule has 0 spiro atoms. The Balaban J connectivity index is 2.31. The molecule has 2 rings (SSSR count). The topological polar surface area (TPSA) is 83.8 Å². The summed E-state index contributed by atoms with van der Waals surface area (Å²) in [7, 11) is 0. The van der Waals surface area contributed by atoms with Crippen LogP contribution in [0.15, 0.2) is 18.2 Å². The molecule has 21 heavy (non-hydrogen) atoms. The van der Waals surface area contributed by atoms with Gasteiger partial charge in [0.05, 0.1) is 11.4 Å². The van der Waals surface area contributed by atoms with Gasteiger partial charge in [0.2, 0.25) is 0 Å². The van der Waals surface area contributed by atoms with Crippen molar-refractivity contribution in [3.63, 3.8) is 0 Å². The predicted molar refractivity (Wildman–Crippen MR) is 85.6 cm³/mol. The minimum absolute atomic E-state index is 0.198. The second kappa shape index (κ2) is 5.99. The lowest BCUT2D eigenvalue weighted by molar-refractivity contribution is 0.102. The maximum absolute atomic E-state index is 12.4. The summed E-state index contributed by atoms with van der Waals surface area (Å²) in [5.41, 5.74) is 10.5. The number of aromatic amines is 1. The van der Waals surface area contributed by atoms with Crippen LogP contribution < -0.4 is 11.1 Å². The van der Waals surface area contributed by atoms with Gasteiger partial charge in [-0.2, -0.15) is 5.10 Å². The fraction of sp³-hybridized carbons (Fsp3) is 0.375. The van der Waals surface area contributed by atoms with Crippen molar-refractivity contribution in [2.75, 3.05) is 11.1 Å². The highest BCUT2D eigenvalue weighted by Gasteiger charge is 2.20. The van der Waals surface area contributed by atoms with E-state index in [1.807, 2.05) is 39.0 Å². The van der Waals surface area contributed by atoms with Crippen LogP contribution in [0.2, 0.25) is 0 Å². The number of nitrogens with one attached hydrogen (secondary N) is 2. The first kappa shape index (κ1) is 15.1. The monoisotopic (exact) mass is 286 g/mol. The van der Waals surface area contributed by atoms with E-state index in [4.69, 9.17) is 5.73 Å². The van der Waals surface area contributed by atoms with E-state index in [0.29, 0.717) is 5.69 Å². The number of para-hydroxylation sites is 1. The summed E-state index contributed by atoms with van der Waals surface area (Å²) in [4.78, 5) is 12.4. The number of nitrogens with two attached hydrogens (primary N) is 1. The minimum Gasteiger partial charge on any atom is -0.395 e. The van der Waals surface area contributed by atoms with Gasteiger partial charge < -0.3 is 11.1 Å². The molecule has 0 saturated carbocycles. The van der Waals surface area contributed by atoms with Crippen molar-refractivity contribution in [2.45, 2.75) is 40.0 Å². The van der Waals surface area contributed by atoms with Crippen LogP contribution in [0, 0.1) is 6.92 Å². The van der Waals surface area contributed by atoms with Gasteiger partial charge in [0.1, 0.15) is 0 Å². The van der Waals surface area contributed by atoms with E-state index in [9.17, 15) is 4.79 Å². The second-order valence-corrected chi connectivity index (χ2v) is 5.47. The van der Waals surface area contributed by atoms with Crippen LogP contribution in [0.5, 0.6) is 0 Å². The zero-order valence-corrected chi connectivity index (χ0v) is 12.9. The lowest BCUT2D eigenvalue weighted by Crippen LogP contribution is -2.16. The smallest absolute Gasteiger partial charge is 0.278 e. The molecule has 0 aliphatic carbocycles. The first-order chi connectivity index (χ1) is 9.95. The van der Waals surface area contributed by atoms with E-state index in [1.165, 1.54) is 0 Å². The van der Waals surface area contributed by atoms with Gasteiger partial charge in [-0.15, -0.1) is 0 Å². The molecule has 0 unspecified atom stereocenters. The SMILES string of the molecule is CCc1cccc(C)c1NC(=O)c1n[nH]c(C(C)C)c1N. The Labute approximate surface area is 124 Å². The second-order valence-electron chi connectivity index (χ2n) is 5.47. The van der Waals surface area contributed by atoms with Crippen molar-refractivity contribution in [1.82, 2.24) is 10.2 Å². The van der Waals surface area contributed by atoms with Gasteiger partial charge >= 0.3 is 0 Å². The third-order valence-corrected chi connectivity index (χ3v) is 3.60. The Morgan fingerprint density at radius 3 is 2.71 bits per heavy atom. The molecule has 5 nitrogen and oxygen atoms in total. The summed E-state index contributed by atoms with van der Waals surface area (Å²) in [6.45, 7) is 8.04. The summed E-state index contributed by atoms with van der Waals surface area (Å²) in [6, 6.07) is 5.97. The lowest BCUT2D eigenvalue weighted by Gasteiger charge is -2.12. The number of nitrogens with zero attached hydrogens (tertiary/aromatic N) is 1. The summed E-state index contributed by atoms with van der Waals surface area (Å²) < 4.78 is 0. The first-order valence-electron chi connectivity index (χ1n) is 7.19. The molecule has 0 saturated heterocycles. The van der Waals surface area contributed by atoms with Crippen LogP contribution in [0.4, 0.5) is 11.4 Å². The van der Waals surface area contributed by atoms with Crippen molar-refractivity contribution in [2.24, 2.45) is 0 Å². The number of carbonyl (C=O) groups is 1. The molecule has 1 aromatic heterocycles. The van der Waals surface area contributed by atoms with Gasteiger partial charge in [0.25, 0.3) is 5.91 Å². The number of benzene rings is 1. The third-order valence-electron chi connectivity index (χ3n) is 3.60. The largest absolute Gasteiger partial charge is 0.395 e. The lowest BCUT2D eigenvalue weighted by atomic mass is 10.1. The molecule has 0 bridgehead atoms. The first-order valence-corrected chi connectivity index (χ1v) is 7.19. The van der Waals surface area contributed by atoms with Gasteiger partial charge in [0.15, 0.2) is 5.69 Å². The number of rotatable bonds is 4. The molecule has 112 valence electrons. The highest BCUT2D eigenvalue weighted by atomic mass is 16.2. The zero-order valence-electron chi connectivity index (χ0n) is 12.9. The Hall–Kier alpha value is -2.30. The van der Waals surface area contributed by atoms with Crippen LogP contribution in [-0.2, 0) is 6.42 Å². The van der Waals surface area contributed by atoms with Gasteiger partial charge in [-0.3, -0.25) is 9.89 Å². The van der Waals surface area contributed by atoms with E-state index < -0.39 is 0 Å². The number of hydrogen-bond acceptors (Lipinski definition) is 3. The summed E-state index contributed by atoms with van der Waals surface area (Å²) in [5.74, 6) is -0.0802. The molecular weight excluding hydrogens is 264 g/mol. The number of amides is 1. The van der Waals surface area contributed by atoms with Crippen LogP contribution in [0.3, 0.4) is 0 Å². The van der Waals surface area contributed by atoms with Crippen molar-refractivity contribution >= 4 is 17.3 Å². The van der Waals surface area contributed by atoms with Crippen molar-refractivity contribution in [3.05, 3.63) is 40.7 Å². The number of nitrogen functional groups attached to an aromatic ring is 1. The Morgan fingerprint density at radius 1 is 1.43 bits per heavy atom. The molecule has 1 amide bonds. The molecule has 2 aromatic rings. The number of hydrogen-bond donors (Lipinski definition) is 3. The van der Waals surface area contributed by atoms with E-state index in [-0.39, 0.29) is 17.5 Å². The van der Waals surface area contributed by atoms with Crippen molar-refractivity contribution in [1.29, 1.82) is 0 Å². The van der Waals surface area contributed by atoms with Crippen LogP contribution in [-0.4, -0.2) is 16.1 Å². The molecule has 0 aliphatic heterocycles. The highest BCUT2D eigenvalue weighted by molar-refractivity contribution is 6.07. The number of carbonyl (C=O) groups excluding carboxylic acids is 1. The van der Waals surface area contributed by atoms with Gasteiger partial charge in [0, 0.05) is 5.69 Å². The van der Waals surface area contributed by atoms with E-state index in [1.54, 1.807) is 0 Å². The molecule has 0 atom stereocenters. The van der Waals surface area contributed by atoms with Crippen molar-refractivity contribution < 1.29 is 4.79 Å². The Bertz CT molecular complexity index is 658. The normalized spacial score (nSPS) is 10.9. The van der Waals surface area contributed by atoms with Crippen LogP contribution >= 0.6 is 0 Å². The number of aryl methyl sites for hydroxylation is 2. The fourth-order valence-corrected chi connectivity index (χ4v) is 2.35. The molecule has 4 N–H and O–H groups in total. The van der Waals surface area contributed by atoms with E-state index >= 15 is 0 Å². The molecule has 0 radical (unpaired) electrons.